The molecule has 3 heteroatoms. The molecule has 0 aromatic heterocycles. The Morgan fingerprint density at radius 1 is 0.655 bits per heavy atom. The molecule has 0 atom stereocenters. The third-order valence-electron chi connectivity index (χ3n) is 6.82. The first-order chi connectivity index (χ1) is 14.3. The van der Waals surface area contributed by atoms with Crippen molar-refractivity contribution in [3.63, 3.8) is 0 Å². The minimum absolute atomic E-state index is 0.181. The van der Waals surface area contributed by atoms with E-state index >= 15 is 0 Å². The predicted octanol–water partition coefficient (Wildman–Crippen LogP) is 7.14. The Morgan fingerprint density at radius 2 is 1.17 bits per heavy atom. The van der Waals surface area contributed by atoms with E-state index in [-0.39, 0.29) is 7.92 Å². The highest BCUT2D eigenvalue weighted by molar-refractivity contribution is 7.67. The molecule has 2 nitrogen and oxygen atoms in total. The summed E-state index contributed by atoms with van der Waals surface area (Å²) in [5.41, 5.74) is 4.48. The maximum atomic E-state index is 5.70. The van der Waals surface area contributed by atoms with Gasteiger partial charge in [-0.1, -0.05) is 64.6 Å². The lowest BCUT2D eigenvalue weighted by Gasteiger charge is -2.39. The number of benzene rings is 2. The molecule has 2 aliphatic carbocycles. The lowest BCUT2D eigenvalue weighted by molar-refractivity contribution is 0.414. The highest BCUT2D eigenvalue weighted by Crippen LogP contribution is 2.56. The van der Waals surface area contributed by atoms with Gasteiger partial charge < -0.3 is 9.47 Å². The van der Waals surface area contributed by atoms with Gasteiger partial charge in [0.15, 0.2) is 0 Å². The molecule has 0 aliphatic heterocycles. The van der Waals surface area contributed by atoms with E-state index in [4.69, 9.17) is 9.47 Å². The highest BCUT2D eigenvalue weighted by Gasteiger charge is 2.34. The Balaban J connectivity index is 1.78. The molecule has 29 heavy (non-hydrogen) atoms. The number of hydrogen-bond donors (Lipinski definition) is 0. The molecule has 2 aliphatic rings. The first kappa shape index (κ1) is 20.7. The Kier molecular flexibility index (Phi) is 7.14. The van der Waals surface area contributed by atoms with Gasteiger partial charge in [-0.25, -0.2) is 0 Å². The van der Waals surface area contributed by atoms with E-state index in [1.807, 2.05) is 0 Å². The second kappa shape index (κ2) is 9.98. The summed E-state index contributed by atoms with van der Waals surface area (Å²) < 4.78 is 11.1. The van der Waals surface area contributed by atoms with Gasteiger partial charge in [0.2, 0.25) is 0 Å². The van der Waals surface area contributed by atoms with Crippen LogP contribution in [0.15, 0.2) is 42.5 Å². The van der Waals surface area contributed by atoms with Crippen LogP contribution >= 0.6 is 7.92 Å². The molecule has 0 spiro atoms. The summed E-state index contributed by atoms with van der Waals surface area (Å²) in [6.07, 6.45) is 14.2. The van der Waals surface area contributed by atoms with E-state index in [2.05, 4.69) is 42.5 Å². The summed E-state index contributed by atoms with van der Waals surface area (Å²) >= 11 is 0. The quantitative estimate of drug-likeness (QED) is 0.471. The Hall–Kier alpha value is -1.53. The second-order valence-corrected chi connectivity index (χ2v) is 11.4. The highest BCUT2D eigenvalue weighted by atomic mass is 31.1. The zero-order valence-corrected chi connectivity index (χ0v) is 18.9. The first-order valence-electron chi connectivity index (χ1n) is 11.4. The summed E-state index contributed by atoms with van der Waals surface area (Å²) in [6.45, 7) is 0. The summed E-state index contributed by atoms with van der Waals surface area (Å²) in [4.78, 5) is 0. The summed E-state index contributed by atoms with van der Waals surface area (Å²) in [5.74, 6) is 1.93. The van der Waals surface area contributed by atoms with Crippen LogP contribution in [0.5, 0.6) is 11.5 Å². The number of rotatable bonds is 6. The molecule has 0 N–H and O–H groups in total. The molecule has 4 rings (SSSR count). The first-order valence-corrected chi connectivity index (χ1v) is 12.9. The van der Waals surface area contributed by atoms with Crippen molar-refractivity contribution in [3.05, 3.63) is 42.5 Å². The second-order valence-electron chi connectivity index (χ2n) is 8.60. The topological polar surface area (TPSA) is 18.5 Å². The largest absolute Gasteiger partial charge is 0.497 e. The monoisotopic (exact) mass is 410 g/mol. The van der Waals surface area contributed by atoms with Crippen LogP contribution in [-0.2, 0) is 0 Å². The van der Waals surface area contributed by atoms with Crippen LogP contribution < -0.4 is 14.8 Å². The van der Waals surface area contributed by atoms with E-state index in [1.165, 1.54) is 75.3 Å². The van der Waals surface area contributed by atoms with Crippen LogP contribution in [0.25, 0.3) is 11.1 Å². The minimum atomic E-state index is -0.181. The van der Waals surface area contributed by atoms with Gasteiger partial charge in [-0.15, -0.1) is 0 Å². The van der Waals surface area contributed by atoms with Gasteiger partial charge in [-0.2, -0.15) is 0 Å². The van der Waals surface area contributed by atoms with Crippen molar-refractivity contribution >= 4 is 13.2 Å². The van der Waals surface area contributed by atoms with Gasteiger partial charge >= 0.3 is 0 Å². The molecule has 0 saturated heterocycles. The zero-order chi connectivity index (χ0) is 20.1. The van der Waals surface area contributed by atoms with E-state index in [0.717, 1.165) is 22.8 Å². The van der Waals surface area contributed by atoms with Crippen LogP contribution in [-0.4, -0.2) is 25.5 Å². The Labute approximate surface area is 177 Å². The lowest BCUT2D eigenvalue weighted by Crippen LogP contribution is -2.27. The maximum absolute atomic E-state index is 5.70. The average molecular weight is 411 g/mol. The number of hydrogen-bond acceptors (Lipinski definition) is 2. The molecule has 0 unspecified atom stereocenters. The van der Waals surface area contributed by atoms with Crippen LogP contribution in [0.2, 0.25) is 0 Å². The predicted molar refractivity (Wildman–Crippen MR) is 125 cm³/mol. The third kappa shape index (κ3) is 4.80. The van der Waals surface area contributed by atoms with E-state index in [1.54, 1.807) is 19.5 Å². The van der Waals surface area contributed by atoms with Gasteiger partial charge in [0, 0.05) is 0 Å². The van der Waals surface area contributed by atoms with Gasteiger partial charge in [-0.05, 0) is 77.7 Å². The lowest BCUT2D eigenvalue weighted by atomic mass is 9.99. The van der Waals surface area contributed by atoms with Gasteiger partial charge in [-0.3, -0.25) is 0 Å². The van der Waals surface area contributed by atoms with Crippen molar-refractivity contribution in [1.29, 1.82) is 0 Å². The van der Waals surface area contributed by atoms with E-state index in [9.17, 15) is 0 Å². The fraction of sp³-hybridized carbons (Fsp3) is 0.538. The van der Waals surface area contributed by atoms with Crippen LogP contribution in [0, 0.1) is 0 Å². The molecule has 156 valence electrons. The van der Waals surface area contributed by atoms with Crippen molar-refractivity contribution in [2.45, 2.75) is 75.5 Å². The SMILES string of the molecule is COc1ccc(-c2ccc(OC)cc2P(C2CCCCC2)C2CCCCC2)cc1. The van der Waals surface area contributed by atoms with Crippen LogP contribution in [0.1, 0.15) is 64.2 Å². The molecule has 2 aromatic rings. The normalized spacial score (nSPS) is 18.7. The molecule has 0 radical (unpaired) electrons. The average Bonchev–Trinajstić information content (AvgIpc) is 2.81. The molecular weight excluding hydrogens is 375 g/mol. The Morgan fingerprint density at radius 3 is 1.69 bits per heavy atom. The molecule has 2 saturated carbocycles. The minimum Gasteiger partial charge on any atom is -0.497 e. The molecule has 0 amide bonds. The third-order valence-corrected chi connectivity index (χ3v) is 10.4. The molecule has 2 fully saturated rings. The summed E-state index contributed by atoms with van der Waals surface area (Å²) in [7, 11) is 3.36. The van der Waals surface area contributed by atoms with Gasteiger partial charge in [0.25, 0.3) is 0 Å². The number of methoxy groups -OCH3 is 2. The summed E-state index contributed by atoms with van der Waals surface area (Å²) in [6, 6.07) is 15.4. The standard InChI is InChI=1S/C26H35O2P/c1-27-21-15-13-20(14-16-21)25-18-17-22(28-2)19-26(25)29(23-9-5-3-6-10-23)24-11-7-4-8-12-24/h13-19,23-24H,3-12H2,1-2H3. The molecule has 0 bridgehead atoms. The smallest absolute Gasteiger partial charge is 0.119 e. The van der Waals surface area contributed by atoms with Crippen LogP contribution in [0.3, 0.4) is 0 Å². The van der Waals surface area contributed by atoms with Gasteiger partial charge in [0.1, 0.15) is 11.5 Å². The maximum Gasteiger partial charge on any atom is 0.119 e. The fourth-order valence-electron chi connectivity index (χ4n) is 5.28. The van der Waals surface area contributed by atoms with Crippen molar-refractivity contribution in [2.75, 3.05) is 14.2 Å². The van der Waals surface area contributed by atoms with Crippen molar-refractivity contribution in [1.82, 2.24) is 0 Å². The van der Waals surface area contributed by atoms with Crippen molar-refractivity contribution in [2.24, 2.45) is 0 Å². The van der Waals surface area contributed by atoms with Gasteiger partial charge in [0.05, 0.1) is 14.2 Å². The number of ether oxygens (including phenoxy) is 2. The molecule has 2 aromatic carbocycles. The fourth-order valence-corrected chi connectivity index (χ4v) is 9.26. The summed E-state index contributed by atoms with van der Waals surface area (Å²) in [5, 5.41) is 1.59. The van der Waals surface area contributed by atoms with Crippen LogP contribution in [0.4, 0.5) is 0 Å². The van der Waals surface area contributed by atoms with E-state index in [0.29, 0.717) is 0 Å². The van der Waals surface area contributed by atoms with E-state index < -0.39 is 0 Å². The Bertz CT molecular complexity index is 756. The molecular formula is C26H35O2P. The molecule has 0 heterocycles. The van der Waals surface area contributed by atoms with Crippen molar-refractivity contribution in [3.8, 4) is 22.6 Å². The van der Waals surface area contributed by atoms with Crippen molar-refractivity contribution < 1.29 is 9.47 Å². The zero-order valence-electron chi connectivity index (χ0n) is 18.0.